The van der Waals surface area contributed by atoms with Gasteiger partial charge in [-0.2, -0.15) is 0 Å². The Labute approximate surface area is 189 Å². The van der Waals surface area contributed by atoms with E-state index in [1.165, 1.54) is 22.8 Å². The van der Waals surface area contributed by atoms with Gasteiger partial charge in [-0.1, -0.05) is 60.7 Å². The van der Waals surface area contributed by atoms with E-state index < -0.39 is 10.7 Å². The molecule has 168 valence electrons. The molecule has 0 atom stereocenters. The fourth-order valence-corrected chi connectivity index (χ4v) is 3.77. The van der Waals surface area contributed by atoms with Gasteiger partial charge in [0.25, 0.3) is 5.69 Å². The van der Waals surface area contributed by atoms with E-state index in [4.69, 9.17) is 4.42 Å². The van der Waals surface area contributed by atoms with Crippen molar-refractivity contribution in [1.82, 2.24) is 9.47 Å². The Morgan fingerprint density at radius 3 is 2.12 bits per heavy atom. The summed E-state index contributed by atoms with van der Waals surface area (Å²) in [5.41, 5.74) is 2.58. The molecule has 0 saturated carbocycles. The van der Waals surface area contributed by atoms with Crippen molar-refractivity contribution in [2.45, 2.75) is 32.5 Å². The van der Waals surface area contributed by atoms with Crippen LogP contribution in [0.3, 0.4) is 0 Å². The number of aryl methyl sites for hydroxylation is 1. The zero-order chi connectivity index (χ0) is 23.2. The molecule has 4 aromatic rings. The lowest BCUT2D eigenvalue weighted by Crippen LogP contribution is -2.30. The molecular weight excluding hydrogens is 422 g/mol. The highest BCUT2D eigenvalue weighted by Crippen LogP contribution is 2.20. The summed E-state index contributed by atoms with van der Waals surface area (Å²) >= 11 is 0. The summed E-state index contributed by atoms with van der Waals surface area (Å²) in [5.74, 6) is -0.609. The van der Waals surface area contributed by atoms with Crippen LogP contribution in [0, 0.1) is 10.1 Å². The van der Waals surface area contributed by atoms with Crippen molar-refractivity contribution in [3.8, 4) is 0 Å². The molecule has 3 aromatic carbocycles. The lowest BCUT2D eigenvalue weighted by atomic mass is 10.1. The van der Waals surface area contributed by atoms with Crippen LogP contribution in [0.2, 0.25) is 0 Å². The minimum atomic E-state index is -0.594. The van der Waals surface area contributed by atoms with Gasteiger partial charge in [-0.3, -0.25) is 19.5 Å². The van der Waals surface area contributed by atoms with E-state index in [2.05, 4.69) is 0 Å². The number of benzene rings is 3. The second-order valence-corrected chi connectivity index (χ2v) is 7.75. The largest absolute Gasteiger partial charge is 0.419 e. The van der Waals surface area contributed by atoms with Gasteiger partial charge < -0.3 is 9.32 Å². The van der Waals surface area contributed by atoms with Gasteiger partial charge in [-0.05, 0) is 23.6 Å². The Balaban J connectivity index is 1.45. The van der Waals surface area contributed by atoms with E-state index in [-0.39, 0.29) is 30.1 Å². The highest BCUT2D eigenvalue weighted by Gasteiger charge is 2.17. The lowest BCUT2D eigenvalue weighted by Gasteiger charge is -2.23. The SMILES string of the molecule is O=C(CCCn1c(=O)oc2cc([N+](=O)[O-])ccc21)N(Cc1ccccc1)Cc1ccccc1. The second kappa shape index (κ2) is 9.95. The van der Waals surface area contributed by atoms with Crippen LogP contribution >= 0.6 is 0 Å². The van der Waals surface area contributed by atoms with Gasteiger partial charge in [0.15, 0.2) is 5.58 Å². The summed E-state index contributed by atoms with van der Waals surface area (Å²) in [6.07, 6.45) is 0.691. The molecule has 1 aromatic heterocycles. The first-order valence-corrected chi connectivity index (χ1v) is 10.6. The average molecular weight is 445 g/mol. The molecule has 1 heterocycles. The summed E-state index contributed by atoms with van der Waals surface area (Å²) in [4.78, 5) is 37.5. The normalized spacial score (nSPS) is 10.9. The number of hydrogen-bond donors (Lipinski definition) is 0. The third-order valence-electron chi connectivity index (χ3n) is 5.42. The van der Waals surface area contributed by atoms with E-state index in [1.54, 1.807) is 0 Å². The highest BCUT2D eigenvalue weighted by atomic mass is 16.6. The summed E-state index contributed by atoms with van der Waals surface area (Å²) in [5, 5.41) is 10.9. The summed E-state index contributed by atoms with van der Waals surface area (Å²) in [6.45, 7) is 1.26. The number of nitro benzene ring substituents is 1. The van der Waals surface area contributed by atoms with Gasteiger partial charge in [-0.15, -0.1) is 0 Å². The summed E-state index contributed by atoms with van der Waals surface area (Å²) in [6, 6.07) is 23.7. The number of nitrogens with zero attached hydrogens (tertiary/aromatic N) is 3. The van der Waals surface area contributed by atoms with Crippen molar-refractivity contribution < 1.29 is 14.1 Å². The zero-order valence-corrected chi connectivity index (χ0v) is 17.9. The van der Waals surface area contributed by atoms with Crippen molar-refractivity contribution in [1.29, 1.82) is 0 Å². The first-order valence-electron chi connectivity index (χ1n) is 10.6. The minimum absolute atomic E-state index is 0.0146. The Morgan fingerprint density at radius 1 is 0.939 bits per heavy atom. The van der Waals surface area contributed by atoms with Crippen LogP contribution in [-0.4, -0.2) is 20.3 Å². The number of fused-ring (bicyclic) bond motifs is 1. The van der Waals surface area contributed by atoms with Crippen molar-refractivity contribution in [2.75, 3.05) is 0 Å². The molecule has 0 N–H and O–H groups in total. The number of aromatic nitrogens is 1. The van der Waals surface area contributed by atoms with Crippen LogP contribution in [0.5, 0.6) is 0 Å². The number of hydrogen-bond acceptors (Lipinski definition) is 5. The lowest BCUT2D eigenvalue weighted by molar-refractivity contribution is -0.384. The van der Waals surface area contributed by atoms with Gasteiger partial charge in [-0.25, -0.2) is 4.79 Å². The number of nitro groups is 1. The molecule has 0 aliphatic carbocycles. The number of oxazole rings is 1. The maximum absolute atomic E-state index is 13.1. The van der Waals surface area contributed by atoms with Crippen LogP contribution in [0.25, 0.3) is 11.1 Å². The minimum Gasteiger partial charge on any atom is -0.407 e. The standard InChI is InChI=1S/C25H23N3O5/c29-24(26(17-19-8-3-1-4-9-19)18-20-10-5-2-6-11-20)12-7-15-27-22-14-13-21(28(31)32)16-23(22)33-25(27)30/h1-6,8-11,13-14,16H,7,12,15,17-18H2. The van der Waals surface area contributed by atoms with E-state index in [9.17, 15) is 19.7 Å². The van der Waals surface area contributed by atoms with E-state index in [1.807, 2.05) is 65.6 Å². The summed E-state index contributed by atoms with van der Waals surface area (Å²) in [7, 11) is 0. The third-order valence-corrected chi connectivity index (χ3v) is 5.42. The van der Waals surface area contributed by atoms with Crippen molar-refractivity contribution in [2.24, 2.45) is 0 Å². The molecule has 33 heavy (non-hydrogen) atoms. The smallest absolute Gasteiger partial charge is 0.407 e. The molecular formula is C25H23N3O5. The average Bonchev–Trinajstić information content (AvgIpc) is 3.14. The van der Waals surface area contributed by atoms with E-state index >= 15 is 0 Å². The number of carbonyl (C=O) groups is 1. The molecule has 1 amide bonds. The Kier molecular flexibility index (Phi) is 6.64. The van der Waals surface area contributed by atoms with Gasteiger partial charge in [0.1, 0.15) is 0 Å². The third kappa shape index (κ3) is 5.35. The molecule has 0 fully saturated rings. The number of amides is 1. The molecule has 0 aliphatic rings. The van der Waals surface area contributed by atoms with Gasteiger partial charge in [0, 0.05) is 32.1 Å². The Morgan fingerprint density at radius 2 is 1.55 bits per heavy atom. The topological polar surface area (TPSA) is 98.6 Å². The van der Waals surface area contributed by atoms with Crippen molar-refractivity contribution >= 4 is 22.7 Å². The van der Waals surface area contributed by atoms with Gasteiger partial charge in [0.05, 0.1) is 16.5 Å². The Hall–Kier alpha value is -4.20. The van der Waals surface area contributed by atoms with Gasteiger partial charge in [0.2, 0.25) is 5.91 Å². The van der Waals surface area contributed by atoms with Crippen LogP contribution in [0.15, 0.2) is 88.1 Å². The molecule has 0 unspecified atom stereocenters. The predicted octanol–water partition coefficient (Wildman–Crippen LogP) is 4.51. The first-order chi connectivity index (χ1) is 16.0. The van der Waals surface area contributed by atoms with Crippen molar-refractivity contribution in [3.63, 3.8) is 0 Å². The molecule has 8 heteroatoms. The highest BCUT2D eigenvalue weighted by molar-refractivity contribution is 5.77. The van der Waals surface area contributed by atoms with Crippen LogP contribution in [0.1, 0.15) is 24.0 Å². The Bertz CT molecular complexity index is 1270. The van der Waals surface area contributed by atoms with Crippen LogP contribution < -0.4 is 5.76 Å². The molecule has 8 nitrogen and oxygen atoms in total. The predicted molar refractivity (Wildman–Crippen MR) is 124 cm³/mol. The first kappa shape index (κ1) is 22.0. The second-order valence-electron chi connectivity index (χ2n) is 7.75. The monoisotopic (exact) mass is 445 g/mol. The van der Waals surface area contributed by atoms with Gasteiger partial charge >= 0.3 is 5.76 Å². The van der Waals surface area contributed by atoms with Crippen LogP contribution in [-0.2, 0) is 24.4 Å². The molecule has 4 rings (SSSR count). The zero-order valence-electron chi connectivity index (χ0n) is 17.9. The van der Waals surface area contributed by atoms with E-state index in [0.717, 1.165) is 11.1 Å². The maximum atomic E-state index is 13.1. The summed E-state index contributed by atoms with van der Waals surface area (Å²) < 4.78 is 6.57. The number of non-ortho nitro benzene ring substituents is 1. The quantitative estimate of drug-likeness (QED) is 0.279. The molecule has 0 bridgehead atoms. The number of rotatable bonds is 9. The molecule has 0 aliphatic heterocycles. The van der Waals surface area contributed by atoms with Crippen LogP contribution in [0.4, 0.5) is 5.69 Å². The fraction of sp³-hybridized carbons (Fsp3) is 0.200. The maximum Gasteiger partial charge on any atom is 0.419 e. The van der Waals surface area contributed by atoms with E-state index in [0.29, 0.717) is 25.0 Å². The van der Waals surface area contributed by atoms with Crippen molar-refractivity contribution in [3.05, 3.63) is 111 Å². The number of carbonyl (C=O) groups excluding carboxylic acids is 1. The molecule has 0 radical (unpaired) electrons. The molecule has 0 saturated heterocycles. The molecule has 0 spiro atoms. The fourth-order valence-electron chi connectivity index (χ4n) is 3.77.